The van der Waals surface area contributed by atoms with E-state index in [-0.39, 0.29) is 16.2 Å². The molecule has 0 fully saturated rings. The number of rotatable bonds is 3. The van der Waals surface area contributed by atoms with Crippen LogP contribution in [-0.4, -0.2) is 37.3 Å². The molecule has 6 nitrogen and oxygen atoms in total. The smallest absolute Gasteiger partial charge is 0.426 e. The van der Waals surface area contributed by atoms with Crippen molar-refractivity contribution in [1.82, 2.24) is 4.72 Å². The Morgan fingerprint density at radius 2 is 1.88 bits per heavy atom. The molecule has 0 aliphatic carbocycles. The highest BCUT2D eigenvalue weighted by molar-refractivity contribution is 7.89. The maximum Gasteiger partial charge on any atom is 0.426 e. The van der Waals surface area contributed by atoms with Gasteiger partial charge in [0.05, 0.1) is 4.90 Å². The topological polar surface area (TPSA) is 92.7 Å². The fraction of sp³-hybridized carbons (Fsp3) is 0.533. The van der Waals surface area contributed by atoms with Crippen molar-refractivity contribution in [2.24, 2.45) is 5.92 Å². The number of carboxylic acids is 1. The predicted molar refractivity (Wildman–Crippen MR) is 81.8 cm³/mol. The van der Waals surface area contributed by atoms with Crippen LogP contribution in [0.15, 0.2) is 23.1 Å². The Kier molecular flexibility index (Phi) is 4.81. The Morgan fingerprint density at radius 1 is 1.28 bits per heavy atom. The quantitative estimate of drug-likeness (QED) is 0.838. The van der Waals surface area contributed by atoms with Gasteiger partial charge in [0.25, 0.3) is 0 Å². The minimum atomic E-state index is -4.85. The molecule has 140 valence electrons. The van der Waals surface area contributed by atoms with Gasteiger partial charge in [0.2, 0.25) is 16.1 Å². The third kappa shape index (κ3) is 4.43. The first-order chi connectivity index (χ1) is 11.2. The van der Waals surface area contributed by atoms with Crippen LogP contribution in [-0.2, 0) is 21.2 Å². The van der Waals surface area contributed by atoms with Gasteiger partial charge in [0.1, 0.15) is 11.7 Å². The van der Waals surface area contributed by atoms with E-state index in [4.69, 9.17) is 9.84 Å². The van der Waals surface area contributed by atoms with Crippen molar-refractivity contribution < 1.29 is 36.2 Å². The minimum absolute atomic E-state index is 0.102. The number of benzene rings is 1. The van der Waals surface area contributed by atoms with E-state index < -0.39 is 46.2 Å². The molecule has 2 rings (SSSR count). The van der Waals surface area contributed by atoms with Gasteiger partial charge >= 0.3 is 12.1 Å². The van der Waals surface area contributed by atoms with Crippen LogP contribution < -0.4 is 9.46 Å². The second-order valence-electron chi connectivity index (χ2n) is 6.85. The summed E-state index contributed by atoms with van der Waals surface area (Å²) < 4.78 is 70.9. The SMILES string of the molecule is CC(C)(C)NS(=O)(=O)c1ccc2c(c1)C[C@@H](C(=O)O)[C@@H](C(F)(F)F)O2. The number of ether oxygens (including phenoxy) is 1. The molecule has 1 aromatic rings. The molecule has 1 aliphatic rings. The summed E-state index contributed by atoms with van der Waals surface area (Å²) in [6.45, 7) is 4.92. The van der Waals surface area contributed by atoms with Crippen LogP contribution in [0.3, 0.4) is 0 Å². The van der Waals surface area contributed by atoms with Crippen molar-refractivity contribution in [1.29, 1.82) is 0 Å². The Hall–Kier alpha value is -1.81. The molecule has 25 heavy (non-hydrogen) atoms. The highest BCUT2D eigenvalue weighted by Crippen LogP contribution is 2.39. The number of fused-ring (bicyclic) bond motifs is 1. The average Bonchev–Trinajstić information content (AvgIpc) is 2.41. The van der Waals surface area contributed by atoms with Crippen molar-refractivity contribution in [3.05, 3.63) is 23.8 Å². The van der Waals surface area contributed by atoms with Crippen LogP contribution in [0, 0.1) is 5.92 Å². The van der Waals surface area contributed by atoms with Crippen molar-refractivity contribution in [2.45, 2.75) is 49.9 Å². The summed E-state index contributed by atoms with van der Waals surface area (Å²) in [6.07, 6.45) is -7.81. The number of sulfonamides is 1. The standard InChI is InChI=1S/C15H18F3NO5S/c1-14(2,3)19-25(22,23)9-4-5-11-8(6-9)7-10(13(20)21)12(24-11)15(16,17)18/h4-6,10,12,19H,7H2,1-3H3,(H,20,21)/t10-,12+/m1/s1. The largest absolute Gasteiger partial charge is 0.481 e. The Labute approximate surface area is 143 Å². The summed E-state index contributed by atoms with van der Waals surface area (Å²) in [5.41, 5.74) is -0.652. The van der Waals surface area contributed by atoms with E-state index in [1.54, 1.807) is 20.8 Å². The normalized spacial score (nSPS) is 21.4. The van der Waals surface area contributed by atoms with Gasteiger partial charge in [-0.25, -0.2) is 13.1 Å². The first kappa shape index (κ1) is 19.5. The van der Waals surface area contributed by atoms with Crippen LogP contribution >= 0.6 is 0 Å². The van der Waals surface area contributed by atoms with E-state index in [0.717, 1.165) is 18.2 Å². The third-order valence-corrected chi connectivity index (χ3v) is 5.24. The van der Waals surface area contributed by atoms with Gasteiger partial charge in [0, 0.05) is 5.54 Å². The Balaban J connectivity index is 2.42. The number of hydrogen-bond donors (Lipinski definition) is 2. The number of carboxylic acid groups (broad SMARTS) is 1. The van der Waals surface area contributed by atoms with Crippen LogP contribution in [0.2, 0.25) is 0 Å². The molecule has 0 spiro atoms. The van der Waals surface area contributed by atoms with E-state index in [2.05, 4.69) is 4.72 Å². The Bertz CT molecular complexity index is 783. The molecule has 0 saturated carbocycles. The lowest BCUT2D eigenvalue weighted by Crippen LogP contribution is -2.47. The maximum absolute atomic E-state index is 13.0. The van der Waals surface area contributed by atoms with Gasteiger partial charge in [-0.2, -0.15) is 13.2 Å². The van der Waals surface area contributed by atoms with E-state index in [1.807, 2.05) is 0 Å². The molecule has 0 saturated heterocycles. The number of carbonyl (C=O) groups is 1. The van der Waals surface area contributed by atoms with Crippen LogP contribution in [0.25, 0.3) is 0 Å². The molecule has 0 amide bonds. The molecular formula is C15H18F3NO5S. The van der Waals surface area contributed by atoms with Crippen molar-refractivity contribution in [3.63, 3.8) is 0 Å². The lowest BCUT2D eigenvalue weighted by Gasteiger charge is -2.32. The molecule has 0 bridgehead atoms. The lowest BCUT2D eigenvalue weighted by atomic mass is 9.90. The number of alkyl halides is 3. The minimum Gasteiger partial charge on any atom is -0.481 e. The second kappa shape index (κ2) is 6.17. The highest BCUT2D eigenvalue weighted by atomic mass is 32.2. The number of halogens is 3. The van der Waals surface area contributed by atoms with Gasteiger partial charge < -0.3 is 9.84 Å². The van der Waals surface area contributed by atoms with E-state index in [9.17, 15) is 26.4 Å². The average molecular weight is 381 g/mol. The molecule has 1 aliphatic heterocycles. The maximum atomic E-state index is 13.0. The van der Waals surface area contributed by atoms with Gasteiger partial charge in [0.15, 0.2) is 0 Å². The summed E-state index contributed by atoms with van der Waals surface area (Å²) in [5.74, 6) is -3.68. The van der Waals surface area contributed by atoms with Crippen molar-refractivity contribution >= 4 is 16.0 Å². The van der Waals surface area contributed by atoms with Crippen molar-refractivity contribution in [3.8, 4) is 5.75 Å². The predicted octanol–water partition coefficient (Wildman–Crippen LogP) is 2.33. The second-order valence-corrected chi connectivity index (χ2v) is 8.54. The van der Waals surface area contributed by atoms with Gasteiger partial charge in [-0.15, -0.1) is 0 Å². The van der Waals surface area contributed by atoms with E-state index in [1.165, 1.54) is 0 Å². The zero-order chi connectivity index (χ0) is 19.2. The van der Waals surface area contributed by atoms with E-state index >= 15 is 0 Å². The zero-order valence-electron chi connectivity index (χ0n) is 13.7. The Morgan fingerprint density at radius 3 is 2.36 bits per heavy atom. The molecule has 2 atom stereocenters. The molecular weight excluding hydrogens is 363 g/mol. The van der Waals surface area contributed by atoms with E-state index in [0.29, 0.717) is 0 Å². The fourth-order valence-electron chi connectivity index (χ4n) is 2.53. The highest BCUT2D eigenvalue weighted by Gasteiger charge is 2.52. The molecule has 1 aromatic carbocycles. The summed E-state index contributed by atoms with van der Waals surface area (Å²) in [5, 5.41) is 9.07. The summed E-state index contributed by atoms with van der Waals surface area (Å²) in [7, 11) is -3.91. The first-order valence-corrected chi connectivity index (χ1v) is 8.82. The molecule has 1 heterocycles. The van der Waals surface area contributed by atoms with Gasteiger partial charge in [-0.1, -0.05) is 0 Å². The summed E-state index contributed by atoms with van der Waals surface area (Å²) >= 11 is 0. The lowest BCUT2D eigenvalue weighted by molar-refractivity contribution is -0.217. The number of nitrogens with one attached hydrogen (secondary N) is 1. The van der Waals surface area contributed by atoms with Gasteiger partial charge in [-0.3, -0.25) is 4.79 Å². The van der Waals surface area contributed by atoms with Crippen molar-refractivity contribution in [2.75, 3.05) is 0 Å². The summed E-state index contributed by atoms with van der Waals surface area (Å²) in [4.78, 5) is 11.0. The third-order valence-electron chi connectivity index (χ3n) is 3.48. The van der Waals surface area contributed by atoms with Crippen LogP contribution in [0.1, 0.15) is 26.3 Å². The summed E-state index contributed by atoms with van der Waals surface area (Å²) in [6, 6.07) is 3.39. The van der Waals surface area contributed by atoms with Crippen LogP contribution in [0.5, 0.6) is 5.75 Å². The molecule has 0 aromatic heterocycles. The number of aliphatic carboxylic acids is 1. The molecule has 2 N–H and O–H groups in total. The van der Waals surface area contributed by atoms with Gasteiger partial charge in [-0.05, 0) is 51.0 Å². The number of hydrogen-bond acceptors (Lipinski definition) is 4. The molecule has 0 unspecified atom stereocenters. The molecule has 0 radical (unpaired) electrons. The zero-order valence-corrected chi connectivity index (χ0v) is 14.5. The van der Waals surface area contributed by atoms with Crippen LogP contribution in [0.4, 0.5) is 13.2 Å². The fourth-order valence-corrected chi connectivity index (χ4v) is 4.00. The monoisotopic (exact) mass is 381 g/mol. The first-order valence-electron chi connectivity index (χ1n) is 7.34. The molecule has 10 heteroatoms.